The summed E-state index contributed by atoms with van der Waals surface area (Å²) in [4.78, 5) is 13.3. The van der Waals surface area contributed by atoms with Crippen molar-refractivity contribution >= 4 is 11.7 Å². The third-order valence-electron chi connectivity index (χ3n) is 3.38. The summed E-state index contributed by atoms with van der Waals surface area (Å²) >= 11 is 0. The van der Waals surface area contributed by atoms with E-state index in [1.54, 1.807) is 0 Å². The number of para-hydroxylation sites is 1. The number of carbonyl (C=O) groups excluding carboxylic acids is 1. The highest BCUT2D eigenvalue weighted by Crippen LogP contribution is 2.28. The number of nitrogens with one attached hydrogen (secondary N) is 2. The quantitative estimate of drug-likeness (QED) is 0.874. The van der Waals surface area contributed by atoms with Gasteiger partial charge in [0.25, 0.3) is 0 Å². The van der Waals surface area contributed by atoms with Crippen molar-refractivity contribution in [3.63, 3.8) is 0 Å². The molecule has 0 atom stereocenters. The highest BCUT2D eigenvalue weighted by molar-refractivity contribution is 5.76. The maximum atomic E-state index is 11.4. The summed E-state index contributed by atoms with van der Waals surface area (Å²) in [6.07, 6.45) is 0. The number of rotatable bonds is 4. The van der Waals surface area contributed by atoms with Gasteiger partial charge in [0.1, 0.15) is 0 Å². The van der Waals surface area contributed by atoms with Gasteiger partial charge in [0, 0.05) is 31.9 Å². The molecule has 4 heteroatoms. The molecule has 1 aromatic rings. The molecule has 1 heterocycles. The Balaban J connectivity index is 1.94. The Labute approximate surface area is 115 Å². The molecule has 1 aliphatic rings. The van der Waals surface area contributed by atoms with Crippen LogP contribution in [-0.2, 0) is 5.41 Å². The standard InChI is InChI=1S/C15H23N3O/c1-15(2,3)12-6-4-5-7-13(12)16-8-10-18-11-9-17-14(18)19/h4-7,16H,8-11H2,1-3H3,(H,17,19). The van der Waals surface area contributed by atoms with Crippen LogP contribution in [0.3, 0.4) is 0 Å². The first-order valence-corrected chi connectivity index (χ1v) is 6.84. The first kappa shape index (κ1) is 13.7. The largest absolute Gasteiger partial charge is 0.383 e. The average Bonchev–Trinajstić information content (AvgIpc) is 2.75. The van der Waals surface area contributed by atoms with Crippen LogP contribution in [0.2, 0.25) is 0 Å². The van der Waals surface area contributed by atoms with Crippen molar-refractivity contribution in [2.45, 2.75) is 26.2 Å². The van der Waals surface area contributed by atoms with Crippen LogP contribution in [0, 0.1) is 0 Å². The fourth-order valence-corrected chi connectivity index (χ4v) is 2.34. The summed E-state index contributed by atoms with van der Waals surface area (Å²) in [6.45, 7) is 9.72. The number of hydrogen-bond acceptors (Lipinski definition) is 2. The van der Waals surface area contributed by atoms with Gasteiger partial charge in [0.15, 0.2) is 0 Å². The van der Waals surface area contributed by atoms with Gasteiger partial charge in [-0.15, -0.1) is 0 Å². The van der Waals surface area contributed by atoms with Crippen LogP contribution in [0.25, 0.3) is 0 Å². The number of anilines is 1. The molecule has 0 spiro atoms. The summed E-state index contributed by atoms with van der Waals surface area (Å²) in [6, 6.07) is 8.42. The second-order valence-corrected chi connectivity index (χ2v) is 5.94. The fraction of sp³-hybridized carbons (Fsp3) is 0.533. The van der Waals surface area contributed by atoms with Gasteiger partial charge in [-0.25, -0.2) is 4.79 Å². The monoisotopic (exact) mass is 261 g/mol. The number of hydrogen-bond donors (Lipinski definition) is 2. The van der Waals surface area contributed by atoms with E-state index >= 15 is 0 Å². The molecule has 0 unspecified atom stereocenters. The summed E-state index contributed by atoms with van der Waals surface area (Å²) in [5.41, 5.74) is 2.59. The molecule has 19 heavy (non-hydrogen) atoms. The topological polar surface area (TPSA) is 44.4 Å². The van der Waals surface area contributed by atoms with Crippen LogP contribution in [-0.4, -0.2) is 37.1 Å². The van der Waals surface area contributed by atoms with E-state index in [2.05, 4.69) is 49.6 Å². The average molecular weight is 261 g/mol. The summed E-state index contributed by atoms with van der Waals surface area (Å²) in [7, 11) is 0. The highest BCUT2D eigenvalue weighted by atomic mass is 16.2. The SMILES string of the molecule is CC(C)(C)c1ccccc1NCCN1CCNC1=O. The molecule has 0 saturated carbocycles. The molecule has 2 N–H and O–H groups in total. The second-order valence-electron chi connectivity index (χ2n) is 5.94. The van der Waals surface area contributed by atoms with E-state index in [1.165, 1.54) is 5.56 Å². The molecule has 4 nitrogen and oxygen atoms in total. The predicted molar refractivity (Wildman–Crippen MR) is 78.6 cm³/mol. The zero-order valence-electron chi connectivity index (χ0n) is 12.0. The molecular formula is C15H23N3O. The van der Waals surface area contributed by atoms with Crippen molar-refractivity contribution in [1.82, 2.24) is 10.2 Å². The Morgan fingerprint density at radius 2 is 2.05 bits per heavy atom. The minimum atomic E-state index is 0.0471. The molecule has 1 saturated heterocycles. The van der Waals surface area contributed by atoms with E-state index in [0.717, 1.165) is 31.9 Å². The van der Waals surface area contributed by atoms with Gasteiger partial charge < -0.3 is 15.5 Å². The lowest BCUT2D eigenvalue weighted by molar-refractivity contribution is 0.219. The Bertz CT molecular complexity index is 451. The molecule has 104 valence electrons. The predicted octanol–water partition coefficient (Wildman–Crippen LogP) is 2.42. The van der Waals surface area contributed by atoms with Crippen LogP contribution < -0.4 is 10.6 Å². The molecule has 1 aromatic carbocycles. The highest BCUT2D eigenvalue weighted by Gasteiger charge is 2.20. The molecule has 0 bridgehead atoms. The molecule has 1 fully saturated rings. The zero-order valence-corrected chi connectivity index (χ0v) is 12.0. The Hall–Kier alpha value is -1.71. The van der Waals surface area contributed by atoms with Crippen LogP contribution >= 0.6 is 0 Å². The zero-order chi connectivity index (χ0) is 13.9. The normalized spacial score (nSPS) is 15.5. The molecule has 2 amide bonds. The second kappa shape index (κ2) is 5.51. The van der Waals surface area contributed by atoms with Crippen molar-refractivity contribution in [3.8, 4) is 0 Å². The minimum Gasteiger partial charge on any atom is -0.383 e. The summed E-state index contributed by atoms with van der Waals surface area (Å²) < 4.78 is 0. The van der Waals surface area contributed by atoms with Crippen molar-refractivity contribution in [1.29, 1.82) is 0 Å². The molecule has 0 radical (unpaired) electrons. The van der Waals surface area contributed by atoms with E-state index in [9.17, 15) is 4.79 Å². The number of carbonyl (C=O) groups is 1. The third kappa shape index (κ3) is 3.40. The van der Waals surface area contributed by atoms with E-state index in [-0.39, 0.29) is 11.4 Å². The van der Waals surface area contributed by atoms with Gasteiger partial charge in [-0.3, -0.25) is 0 Å². The van der Waals surface area contributed by atoms with Gasteiger partial charge in [-0.2, -0.15) is 0 Å². The van der Waals surface area contributed by atoms with Crippen LogP contribution in [0.15, 0.2) is 24.3 Å². The van der Waals surface area contributed by atoms with Crippen molar-refractivity contribution in [2.24, 2.45) is 0 Å². The Morgan fingerprint density at radius 1 is 1.32 bits per heavy atom. The van der Waals surface area contributed by atoms with Crippen LogP contribution in [0.4, 0.5) is 10.5 Å². The van der Waals surface area contributed by atoms with Crippen molar-refractivity contribution < 1.29 is 4.79 Å². The maximum absolute atomic E-state index is 11.4. The summed E-state index contributed by atoms with van der Waals surface area (Å²) in [5, 5.41) is 6.26. The first-order valence-electron chi connectivity index (χ1n) is 6.84. The number of nitrogens with zero attached hydrogens (tertiary/aromatic N) is 1. The van der Waals surface area contributed by atoms with Gasteiger partial charge in [0.2, 0.25) is 0 Å². The lowest BCUT2D eigenvalue weighted by Gasteiger charge is -2.24. The number of benzene rings is 1. The van der Waals surface area contributed by atoms with Crippen LogP contribution in [0.1, 0.15) is 26.3 Å². The van der Waals surface area contributed by atoms with Crippen molar-refractivity contribution in [3.05, 3.63) is 29.8 Å². The molecular weight excluding hydrogens is 238 g/mol. The summed E-state index contributed by atoms with van der Waals surface area (Å²) in [5.74, 6) is 0. The Kier molecular flexibility index (Phi) is 3.98. The maximum Gasteiger partial charge on any atom is 0.317 e. The Morgan fingerprint density at radius 3 is 2.68 bits per heavy atom. The number of urea groups is 1. The lowest BCUT2D eigenvalue weighted by Crippen LogP contribution is -2.32. The minimum absolute atomic E-state index is 0.0471. The lowest BCUT2D eigenvalue weighted by atomic mass is 9.86. The van der Waals surface area contributed by atoms with E-state index < -0.39 is 0 Å². The van der Waals surface area contributed by atoms with Gasteiger partial charge >= 0.3 is 6.03 Å². The van der Waals surface area contributed by atoms with Crippen LogP contribution in [0.5, 0.6) is 0 Å². The van der Waals surface area contributed by atoms with Gasteiger partial charge in [-0.05, 0) is 17.0 Å². The smallest absolute Gasteiger partial charge is 0.317 e. The van der Waals surface area contributed by atoms with E-state index in [0.29, 0.717) is 0 Å². The van der Waals surface area contributed by atoms with Gasteiger partial charge in [-0.1, -0.05) is 39.0 Å². The molecule has 0 aliphatic carbocycles. The van der Waals surface area contributed by atoms with E-state index in [1.807, 2.05) is 11.0 Å². The first-order chi connectivity index (χ1) is 8.98. The number of amides is 2. The van der Waals surface area contributed by atoms with Crippen molar-refractivity contribution in [2.75, 3.05) is 31.5 Å². The fourth-order valence-electron chi connectivity index (χ4n) is 2.34. The molecule has 0 aromatic heterocycles. The van der Waals surface area contributed by atoms with E-state index in [4.69, 9.17) is 0 Å². The molecule has 1 aliphatic heterocycles. The van der Waals surface area contributed by atoms with Gasteiger partial charge in [0.05, 0.1) is 0 Å². The molecule has 2 rings (SSSR count). The third-order valence-corrected chi connectivity index (χ3v) is 3.38.